The van der Waals surface area contributed by atoms with Crippen LogP contribution in [-0.2, 0) is 11.8 Å². The Bertz CT molecular complexity index is 378. The number of methoxy groups -OCH3 is 1. The zero-order chi connectivity index (χ0) is 13.5. The van der Waals surface area contributed by atoms with Gasteiger partial charge in [0.25, 0.3) is 6.33 Å². The van der Waals surface area contributed by atoms with Gasteiger partial charge in [-0.3, -0.25) is 4.90 Å². The molecule has 1 amide bonds. The topological polar surface area (TPSA) is 38.4 Å². The third-order valence-corrected chi connectivity index (χ3v) is 3.16. The van der Waals surface area contributed by atoms with Crippen LogP contribution in [0.4, 0.5) is 4.79 Å². The van der Waals surface area contributed by atoms with Crippen molar-refractivity contribution in [3.05, 3.63) is 18.7 Å². The van der Waals surface area contributed by atoms with E-state index in [1.54, 1.807) is 24.2 Å². The third-order valence-electron chi connectivity index (χ3n) is 3.16. The van der Waals surface area contributed by atoms with E-state index in [1.807, 2.05) is 22.7 Å². The lowest BCUT2D eigenvalue weighted by Crippen LogP contribution is -3.00. The molecular formula is C13H24IN3O2. The van der Waals surface area contributed by atoms with Crippen LogP contribution in [-0.4, -0.2) is 41.8 Å². The predicted molar refractivity (Wildman–Crippen MR) is 69.4 cm³/mol. The van der Waals surface area contributed by atoms with Gasteiger partial charge in [0.15, 0.2) is 0 Å². The maximum atomic E-state index is 12.4. The van der Waals surface area contributed by atoms with Gasteiger partial charge in [-0.25, -0.2) is 9.36 Å². The van der Waals surface area contributed by atoms with E-state index < -0.39 is 0 Å². The Morgan fingerprint density at radius 1 is 1.42 bits per heavy atom. The molecule has 0 bridgehead atoms. The van der Waals surface area contributed by atoms with Crippen LogP contribution >= 0.6 is 0 Å². The quantitative estimate of drug-likeness (QED) is 0.441. The number of amides is 1. The Morgan fingerprint density at radius 3 is 2.47 bits per heavy atom. The number of imidazole rings is 1. The Labute approximate surface area is 132 Å². The molecule has 0 unspecified atom stereocenters. The molecule has 0 saturated heterocycles. The van der Waals surface area contributed by atoms with Gasteiger partial charge < -0.3 is 28.7 Å². The van der Waals surface area contributed by atoms with Gasteiger partial charge in [0, 0.05) is 19.7 Å². The van der Waals surface area contributed by atoms with Crippen LogP contribution in [0.2, 0.25) is 0 Å². The molecule has 5 nitrogen and oxygen atoms in total. The van der Waals surface area contributed by atoms with Gasteiger partial charge in [-0.1, -0.05) is 13.8 Å². The van der Waals surface area contributed by atoms with Crippen LogP contribution in [0.15, 0.2) is 18.7 Å². The average molecular weight is 381 g/mol. The molecule has 0 fully saturated rings. The second-order valence-electron chi connectivity index (χ2n) is 4.43. The lowest BCUT2D eigenvalue weighted by atomic mass is 10.1. The summed E-state index contributed by atoms with van der Waals surface area (Å²) < 4.78 is 8.57. The van der Waals surface area contributed by atoms with E-state index in [2.05, 4.69) is 13.8 Å². The molecule has 0 spiro atoms. The normalized spacial score (nSPS) is 10.4. The fraction of sp³-hybridized carbons (Fsp3) is 0.692. The third kappa shape index (κ3) is 5.10. The summed E-state index contributed by atoms with van der Waals surface area (Å²) in [5.41, 5.74) is 0. The molecule has 0 N–H and O–H groups in total. The van der Waals surface area contributed by atoms with Crippen molar-refractivity contribution in [2.45, 2.75) is 32.7 Å². The van der Waals surface area contributed by atoms with Crippen LogP contribution in [0, 0.1) is 0 Å². The smallest absolute Gasteiger partial charge is 0.416 e. The van der Waals surface area contributed by atoms with E-state index in [-0.39, 0.29) is 36.0 Å². The summed E-state index contributed by atoms with van der Waals surface area (Å²) in [7, 11) is 3.56. The maximum absolute atomic E-state index is 12.4. The van der Waals surface area contributed by atoms with E-state index in [0.717, 1.165) is 12.8 Å². The highest BCUT2D eigenvalue weighted by Crippen LogP contribution is 2.10. The van der Waals surface area contributed by atoms with E-state index in [9.17, 15) is 4.79 Å². The lowest BCUT2D eigenvalue weighted by molar-refractivity contribution is -0.670. The number of aromatic nitrogens is 2. The van der Waals surface area contributed by atoms with Gasteiger partial charge in [-0.2, -0.15) is 4.57 Å². The van der Waals surface area contributed by atoms with Gasteiger partial charge in [0.1, 0.15) is 12.4 Å². The van der Waals surface area contributed by atoms with Gasteiger partial charge in [-0.05, 0) is 12.8 Å². The van der Waals surface area contributed by atoms with Crippen LogP contribution in [0.3, 0.4) is 0 Å². The molecule has 1 rings (SSSR count). The molecule has 1 heterocycles. The minimum Gasteiger partial charge on any atom is -1.00 e. The van der Waals surface area contributed by atoms with Crippen molar-refractivity contribution in [3.63, 3.8) is 0 Å². The number of ether oxygens (including phenoxy) is 1. The van der Waals surface area contributed by atoms with Crippen molar-refractivity contribution in [2.75, 3.05) is 20.3 Å². The summed E-state index contributed by atoms with van der Waals surface area (Å²) in [6, 6.07) is 0.279. The number of nitrogens with zero attached hydrogens (tertiary/aromatic N) is 3. The van der Waals surface area contributed by atoms with Gasteiger partial charge in [0.2, 0.25) is 0 Å². The second kappa shape index (κ2) is 9.30. The van der Waals surface area contributed by atoms with Crippen molar-refractivity contribution in [1.82, 2.24) is 9.47 Å². The fourth-order valence-electron chi connectivity index (χ4n) is 2.07. The van der Waals surface area contributed by atoms with Gasteiger partial charge >= 0.3 is 6.03 Å². The van der Waals surface area contributed by atoms with Crippen molar-refractivity contribution in [3.8, 4) is 0 Å². The first-order valence-corrected chi connectivity index (χ1v) is 6.47. The molecule has 6 heteroatoms. The molecule has 19 heavy (non-hydrogen) atoms. The summed E-state index contributed by atoms with van der Waals surface area (Å²) in [4.78, 5) is 14.3. The highest BCUT2D eigenvalue weighted by molar-refractivity contribution is 5.76. The molecule has 0 radical (unpaired) electrons. The predicted octanol–water partition coefficient (Wildman–Crippen LogP) is -1.58. The molecule has 0 aliphatic rings. The first kappa shape index (κ1) is 18.4. The average Bonchev–Trinajstić information content (AvgIpc) is 2.80. The molecule has 0 aromatic carbocycles. The zero-order valence-corrected chi connectivity index (χ0v) is 14.3. The number of carbonyl (C=O) groups is 1. The van der Waals surface area contributed by atoms with Crippen LogP contribution in [0.25, 0.3) is 0 Å². The fourth-order valence-corrected chi connectivity index (χ4v) is 2.07. The number of aryl methyl sites for hydroxylation is 1. The monoisotopic (exact) mass is 381 g/mol. The number of hydrogen-bond donors (Lipinski definition) is 0. The molecular weight excluding hydrogens is 357 g/mol. The van der Waals surface area contributed by atoms with Crippen LogP contribution in [0.5, 0.6) is 0 Å². The number of halogens is 1. The van der Waals surface area contributed by atoms with Crippen molar-refractivity contribution < 1.29 is 38.1 Å². The molecule has 0 atom stereocenters. The molecule has 0 aliphatic heterocycles. The minimum absolute atomic E-state index is 0. The summed E-state index contributed by atoms with van der Waals surface area (Å²) in [6.45, 7) is 5.41. The largest absolute Gasteiger partial charge is 1.00 e. The molecule has 0 aliphatic carbocycles. The lowest BCUT2D eigenvalue weighted by Gasteiger charge is -2.27. The van der Waals surface area contributed by atoms with Crippen LogP contribution < -0.4 is 28.5 Å². The Morgan fingerprint density at radius 2 is 2.05 bits per heavy atom. The number of rotatable bonds is 6. The first-order chi connectivity index (χ1) is 8.63. The molecule has 1 aromatic rings. The Hall–Kier alpha value is -0.630. The van der Waals surface area contributed by atoms with Gasteiger partial charge in [-0.15, -0.1) is 0 Å². The number of hydrogen-bond acceptors (Lipinski definition) is 2. The van der Waals surface area contributed by atoms with Crippen molar-refractivity contribution in [1.29, 1.82) is 0 Å². The van der Waals surface area contributed by atoms with Crippen molar-refractivity contribution in [2.24, 2.45) is 7.05 Å². The summed E-state index contributed by atoms with van der Waals surface area (Å²) in [6.07, 6.45) is 7.34. The zero-order valence-electron chi connectivity index (χ0n) is 12.2. The van der Waals surface area contributed by atoms with Crippen molar-refractivity contribution >= 4 is 6.03 Å². The minimum atomic E-state index is 0. The molecule has 1 aromatic heterocycles. The maximum Gasteiger partial charge on any atom is 0.416 e. The highest BCUT2D eigenvalue weighted by atomic mass is 127. The Balaban J connectivity index is 0.00000324. The van der Waals surface area contributed by atoms with Crippen LogP contribution in [0.1, 0.15) is 26.7 Å². The summed E-state index contributed by atoms with van der Waals surface area (Å²) >= 11 is 0. The van der Waals surface area contributed by atoms with E-state index in [1.165, 1.54) is 0 Å². The number of carbonyl (C=O) groups excluding carboxylic acids is 1. The highest BCUT2D eigenvalue weighted by Gasteiger charge is 2.25. The first-order valence-electron chi connectivity index (χ1n) is 6.47. The van der Waals surface area contributed by atoms with E-state index in [0.29, 0.717) is 13.2 Å². The van der Waals surface area contributed by atoms with Gasteiger partial charge in [0.05, 0.1) is 13.7 Å². The summed E-state index contributed by atoms with van der Waals surface area (Å²) in [5.74, 6) is 0. The molecule has 0 saturated carbocycles. The molecule has 110 valence electrons. The van der Waals surface area contributed by atoms with E-state index in [4.69, 9.17) is 4.74 Å². The second-order valence-corrected chi connectivity index (χ2v) is 4.43. The van der Waals surface area contributed by atoms with E-state index >= 15 is 0 Å². The Kier molecular flexibility index (Phi) is 8.99. The SMILES string of the molecule is CCC(CC)N(CCOC)C(=O)n1cc[n+](C)c1.[I-]. The standard InChI is InChI=1S/C13H24N3O2.HI/c1-5-12(6-2)16(9-10-18-4)13(17)15-8-7-14(3)11-15;/h7-8,11-12H,5-6,9-10H2,1-4H3;1H/q+1;/p-1. The summed E-state index contributed by atoms with van der Waals surface area (Å²) in [5, 5.41) is 0.